The van der Waals surface area contributed by atoms with Crippen LogP contribution < -0.4 is 22.5 Å². The van der Waals surface area contributed by atoms with Crippen LogP contribution in [-0.2, 0) is 23.1 Å². The summed E-state index contributed by atoms with van der Waals surface area (Å²) >= 11 is 2.34. The molecule has 0 aliphatic carbocycles. The van der Waals surface area contributed by atoms with Gasteiger partial charge in [-0.1, -0.05) is 0 Å². The van der Waals surface area contributed by atoms with Crippen molar-refractivity contribution in [2.75, 3.05) is 13.2 Å². The summed E-state index contributed by atoms with van der Waals surface area (Å²) < 4.78 is 37.3. The van der Waals surface area contributed by atoms with Gasteiger partial charge < -0.3 is 0 Å². The van der Waals surface area contributed by atoms with Gasteiger partial charge in [-0.3, -0.25) is 0 Å². The summed E-state index contributed by atoms with van der Waals surface area (Å²) in [5, 5.41) is 3.55. The van der Waals surface area contributed by atoms with E-state index in [1.54, 1.807) is 19.1 Å². The van der Waals surface area contributed by atoms with Gasteiger partial charge in [0.1, 0.15) is 0 Å². The summed E-state index contributed by atoms with van der Waals surface area (Å²) in [7, 11) is 0. The van der Waals surface area contributed by atoms with E-state index in [4.69, 9.17) is 24.1 Å². The van der Waals surface area contributed by atoms with Crippen LogP contribution in [0.2, 0.25) is 0 Å². The topological polar surface area (TPSA) is 212 Å². The zero-order valence-electron chi connectivity index (χ0n) is 19.9. The van der Waals surface area contributed by atoms with Gasteiger partial charge in [-0.25, -0.2) is 0 Å². The Labute approximate surface area is 220 Å². The first kappa shape index (κ1) is 27.8. The molecule has 4 heterocycles. The van der Waals surface area contributed by atoms with Gasteiger partial charge in [0, 0.05) is 0 Å². The molecule has 2 N–H and O–H groups in total. The van der Waals surface area contributed by atoms with E-state index in [1.165, 1.54) is 30.0 Å². The molecular formula is C20H21N7O9PSe. The molecule has 0 fully saturated rings. The van der Waals surface area contributed by atoms with Crippen LogP contribution in [0.15, 0.2) is 60.6 Å². The molecule has 0 amide bonds. The number of nitrogens with one attached hydrogen (secondary N) is 2. The van der Waals surface area contributed by atoms with E-state index in [9.17, 15) is 23.7 Å². The van der Waals surface area contributed by atoms with Crippen LogP contribution in [-0.4, -0.2) is 60.1 Å². The van der Waals surface area contributed by atoms with Crippen molar-refractivity contribution in [3.63, 3.8) is 0 Å². The van der Waals surface area contributed by atoms with Gasteiger partial charge >= 0.3 is 220 Å². The number of hydrogen-bond acceptors (Lipinski definition) is 10. The molecule has 2 aliphatic heterocycles. The molecule has 0 spiro atoms. The number of azide groups is 1. The second-order valence-electron chi connectivity index (χ2n) is 8.24. The van der Waals surface area contributed by atoms with Crippen molar-refractivity contribution >= 4 is 21.9 Å². The Morgan fingerprint density at radius 3 is 2.18 bits per heavy atom. The van der Waals surface area contributed by atoms with Crippen molar-refractivity contribution in [2.45, 2.75) is 38.5 Å². The van der Waals surface area contributed by atoms with E-state index in [-0.39, 0.29) is 24.5 Å². The third kappa shape index (κ3) is 6.23. The standard InChI is InChI=1S/C20H21N7O9PSe/c1-10-6-26(19(30)22-17(10)28)15-4-3-12(35-15)8-33-37(32,38)34-9-14-13(24-25-21)5-16(36-14)27-7-11(2)18(29)23-20(27)31/h3-7,12,14-16H,8-9H2,1-2H3,(H,22,28,30)(H,23,29,31)/t12-,14+,15+,16+,37?/m0/s1. The molecule has 0 saturated carbocycles. The first-order chi connectivity index (χ1) is 18.0. The van der Waals surface area contributed by atoms with Gasteiger partial charge in [0.25, 0.3) is 0 Å². The van der Waals surface area contributed by atoms with E-state index >= 15 is 0 Å². The van der Waals surface area contributed by atoms with Crippen LogP contribution in [0.1, 0.15) is 23.6 Å². The number of rotatable bonds is 9. The second kappa shape index (κ2) is 11.2. The van der Waals surface area contributed by atoms with Crippen molar-refractivity contribution in [3.8, 4) is 0 Å². The van der Waals surface area contributed by atoms with Crippen LogP contribution in [0, 0.1) is 13.8 Å². The zero-order chi connectivity index (χ0) is 27.6. The van der Waals surface area contributed by atoms with Gasteiger partial charge in [0.15, 0.2) is 0 Å². The number of hydrogen-bond donors (Lipinski definition) is 2. The van der Waals surface area contributed by atoms with Crippen LogP contribution in [0.4, 0.5) is 0 Å². The summed E-state index contributed by atoms with van der Waals surface area (Å²) in [6.45, 7) is 2.49. The number of aromatic amines is 2. The molecule has 5 atom stereocenters. The Kier molecular flexibility index (Phi) is 8.21. The summed E-state index contributed by atoms with van der Waals surface area (Å²) in [4.78, 5) is 54.5. The van der Waals surface area contributed by atoms with Crippen LogP contribution >= 0.6 is 6.29 Å². The molecule has 0 aromatic carbocycles. The van der Waals surface area contributed by atoms with E-state index in [1.807, 2.05) is 0 Å². The van der Waals surface area contributed by atoms with Crippen molar-refractivity contribution in [3.05, 3.63) is 99.6 Å². The Bertz CT molecular complexity index is 1630. The van der Waals surface area contributed by atoms with Crippen molar-refractivity contribution in [2.24, 2.45) is 5.11 Å². The van der Waals surface area contributed by atoms with Gasteiger partial charge in [0.2, 0.25) is 0 Å². The van der Waals surface area contributed by atoms with Crippen LogP contribution in [0.3, 0.4) is 0 Å². The number of H-pyrrole nitrogens is 2. The van der Waals surface area contributed by atoms with Crippen LogP contribution in [0.5, 0.6) is 0 Å². The Hall–Kier alpha value is -3.26. The maximum absolute atomic E-state index is 12.8. The van der Waals surface area contributed by atoms with Gasteiger partial charge in [0.05, 0.1) is 0 Å². The second-order valence-corrected chi connectivity index (χ2v) is 12.5. The normalized spacial score (nSPS) is 24.1. The molecule has 16 nitrogen and oxygen atoms in total. The molecule has 38 heavy (non-hydrogen) atoms. The molecule has 2 aromatic rings. The Morgan fingerprint density at radius 2 is 1.58 bits per heavy atom. The summed E-state index contributed by atoms with van der Waals surface area (Å²) in [6.07, 6.45) is -0.0421. The fraction of sp³-hybridized carbons (Fsp3) is 0.400. The van der Waals surface area contributed by atoms with Gasteiger partial charge in [-0.05, 0) is 0 Å². The zero-order valence-corrected chi connectivity index (χ0v) is 22.5. The third-order valence-electron chi connectivity index (χ3n) is 5.53. The van der Waals surface area contributed by atoms with Crippen molar-refractivity contribution in [1.82, 2.24) is 19.1 Å². The predicted octanol–water partition coefficient (Wildman–Crippen LogP) is 0.559. The van der Waals surface area contributed by atoms with Crippen molar-refractivity contribution in [1.29, 1.82) is 0 Å². The van der Waals surface area contributed by atoms with Crippen LogP contribution in [0.25, 0.3) is 10.4 Å². The molecule has 1 unspecified atom stereocenters. The Morgan fingerprint density at radius 1 is 1.00 bits per heavy atom. The van der Waals surface area contributed by atoms with Gasteiger partial charge in [-0.15, -0.1) is 0 Å². The summed E-state index contributed by atoms with van der Waals surface area (Å²) in [5.41, 5.74) is 7.13. The average molecular weight is 613 g/mol. The predicted molar refractivity (Wildman–Crippen MR) is 132 cm³/mol. The molecule has 2 aliphatic rings. The third-order valence-corrected chi connectivity index (χ3v) is 7.79. The maximum atomic E-state index is 12.8. The number of ether oxygens (including phenoxy) is 2. The molecule has 4 rings (SSSR count). The molecule has 18 heteroatoms. The number of aryl methyl sites for hydroxylation is 2. The Balaban J connectivity index is 1.35. The summed E-state index contributed by atoms with van der Waals surface area (Å²) in [5.74, 6) is 0. The first-order valence-corrected chi connectivity index (χ1v) is 14.7. The van der Waals surface area contributed by atoms with Gasteiger partial charge in [-0.2, -0.15) is 0 Å². The fourth-order valence-corrected chi connectivity index (χ4v) is 5.09. The van der Waals surface area contributed by atoms with Crippen molar-refractivity contribution < 1.29 is 23.1 Å². The fourth-order valence-electron chi connectivity index (χ4n) is 3.60. The quantitative estimate of drug-likeness (QED) is 0.101. The molecule has 201 valence electrons. The minimum atomic E-state index is -3.79. The van der Waals surface area contributed by atoms with E-state index in [0.717, 1.165) is 4.57 Å². The monoisotopic (exact) mass is 614 g/mol. The molecule has 1 radical (unpaired) electrons. The molecule has 0 bridgehead atoms. The molecular weight excluding hydrogens is 592 g/mol. The van der Waals surface area contributed by atoms with E-state index in [0.29, 0.717) is 5.56 Å². The summed E-state index contributed by atoms with van der Waals surface area (Å²) in [6, 6.07) is 0. The van der Waals surface area contributed by atoms with E-state index < -0.39 is 53.4 Å². The molecule has 2 aromatic heterocycles. The molecule has 0 saturated heterocycles. The van der Waals surface area contributed by atoms with E-state index in [2.05, 4.69) is 35.6 Å². The SMILES string of the molecule is Cc1cn([C@H]2C=C[C@@H](COP(=O)([Se])OC[C@H]3O[C@@H](n4cc(C)c(=O)[nH]c4=O)C=C3N=[N+]=[N-])O2)c(=O)[nH]c1=O. The minimum absolute atomic E-state index is 0.0831. The first-order valence-electron chi connectivity index (χ1n) is 11.0. The number of nitrogens with zero attached hydrogens (tertiary/aromatic N) is 5. The average Bonchev–Trinajstić information content (AvgIpc) is 3.49. The number of aromatic nitrogens is 4.